The van der Waals surface area contributed by atoms with Crippen molar-refractivity contribution >= 4 is 23.2 Å². The number of hydrogen-bond donors (Lipinski definition) is 1. The molecule has 0 bridgehead atoms. The highest BCUT2D eigenvalue weighted by molar-refractivity contribution is 6.42. The van der Waals surface area contributed by atoms with Gasteiger partial charge in [0.05, 0.1) is 5.02 Å². The van der Waals surface area contributed by atoms with Gasteiger partial charge in [-0.2, -0.15) is 0 Å². The molecule has 0 aliphatic heterocycles. The molecule has 10 heavy (non-hydrogen) atoms. The number of aromatic hydroxyl groups is 1. The highest BCUT2D eigenvalue weighted by Gasteiger charge is 1.99. The molecule has 0 saturated heterocycles. The lowest BCUT2D eigenvalue weighted by Crippen LogP contribution is -1.67. The van der Waals surface area contributed by atoms with Crippen molar-refractivity contribution in [2.24, 2.45) is 0 Å². The molecular formula is C7H8Cl2O. The molecule has 0 atom stereocenters. The monoisotopic (exact) mass is 178 g/mol. The van der Waals surface area contributed by atoms with Crippen LogP contribution >= 0.6 is 23.2 Å². The van der Waals surface area contributed by atoms with Gasteiger partial charge in [0.2, 0.25) is 0 Å². The van der Waals surface area contributed by atoms with Crippen molar-refractivity contribution in [3.63, 3.8) is 0 Å². The van der Waals surface area contributed by atoms with Crippen LogP contribution in [0.4, 0.5) is 0 Å². The van der Waals surface area contributed by atoms with Gasteiger partial charge in [0.1, 0.15) is 10.8 Å². The summed E-state index contributed by atoms with van der Waals surface area (Å²) in [6, 6.07) is 4.72. The number of hydrogen-bond acceptors (Lipinski definition) is 1. The Morgan fingerprint density at radius 2 is 1.80 bits per heavy atom. The zero-order valence-corrected chi connectivity index (χ0v) is 5.95. The average Bonchev–Trinajstić information content (AvgIpc) is 1.83. The summed E-state index contributed by atoms with van der Waals surface area (Å²) in [6.45, 7) is 0. The Bertz CT molecular complexity index is 203. The van der Waals surface area contributed by atoms with Crippen LogP contribution in [0.1, 0.15) is 7.43 Å². The lowest BCUT2D eigenvalue weighted by molar-refractivity contribution is 0.475. The third kappa shape index (κ3) is 1.79. The minimum absolute atomic E-state index is 0. The summed E-state index contributed by atoms with van der Waals surface area (Å²) in [6.07, 6.45) is 0. The van der Waals surface area contributed by atoms with Gasteiger partial charge in [-0.3, -0.25) is 0 Å². The maximum absolute atomic E-state index is 8.88. The van der Waals surface area contributed by atoms with Gasteiger partial charge in [-0.1, -0.05) is 36.7 Å². The number of rotatable bonds is 0. The van der Waals surface area contributed by atoms with E-state index < -0.39 is 0 Å². The maximum atomic E-state index is 8.88. The fourth-order valence-corrected chi connectivity index (χ4v) is 0.788. The van der Waals surface area contributed by atoms with Gasteiger partial charge in [0.25, 0.3) is 0 Å². The third-order valence-electron chi connectivity index (χ3n) is 0.931. The molecule has 0 amide bonds. The van der Waals surface area contributed by atoms with Gasteiger partial charge in [0.15, 0.2) is 0 Å². The van der Waals surface area contributed by atoms with Crippen LogP contribution in [0.5, 0.6) is 5.75 Å². The normalized spacial score (nSPS) is 8.60. The van der Waals surface area contributed by atoms with Crippen LogP contribution in [0.3, 0.4) is 0 Å². The molecule has 1 N–H and O–H groups in total. The second-order valence-electron chi connectivity index (χ2n) is 1.57. The minimum Gasteiger partial charge on any atom is -0.506 e. The zero-order chi connectivity index (χ0) is 6.85. The molecule has 0 aliphatic rings. The molecule has 1 rings (SSSR count). The third-order valence-corrected chi connectivity index (χ3v) is 1.74. The summed E-state index contributed by atoms with van der Waals surface area (Å²) < 4.78 is 0. The van der Waals surface area contributed by atoms with Crippen molar-refractivity contribution in [3.05, 3.63) is 28.2 Å². The van der Waals surface area contributed by atoms with Gasteiger partial charge < -0.3 is 5.11 Å². The van der Waals surface area contributed by atoms with E-state index >= 15 is 0 Å². The molecule has 0 aromatic heterocycles. The second kappa shape index (κ2) is 3.69. The van der Waals surface area contributed by atoms with E-state index in [4.69, 9.17) is 28.3 Å². The zero-order valence-electron chi connectivity index (χ0n) is 4.44. The molecule has 56 valence electrons. The number of halogens is 2. The first-order valence-electron chi connectivity index (χ1n) is 2.35. The van der Waals surface area contributed by atoms with E-state index in [1.54, 1.807) is 12.1 Å². The summed E-state index contributed by atoms with van der Waals surface area (Å²) in [7, 11) is 0. The first-order chi connectivity index (χ1) is 4.22. The molecule has 3 heteroatoms. The fraction of sp³-hybridized carbons (Fsp3) is 0.143. The average molecular weight is 179 g/mol. The smallest absolute Gasteiger partial charge is 0.135 e. The van der Waals surface area contributed by atoms with E-state index in [9.17, 15) is 0 Å². The Labute approximate surface area is 70.2 Å². The van der Waals surface area contributed by atoms with Crippen LogP contribution in [-0.2, 0) is 0 Å². The molecule has 0 unspecified atom stereocenters. The van der Waals surface area contributed by atoms with E-state index in [-0.39, 0.29) is 18.2 Å². The van der Waals surface area contributed by atoms with Gasteiger partial charge in [-0.25, -0.2) is 0 Å². The summed E-state index contributed by atoms with van der Waals surface area (Å²) in [5.74, 6) is 0.0177. The van der Waals surface area contributed by atoms with Crippen LogP contribution in [0.2, 0.25) is 10.0 Å². The molecule has 0 spiro atoms. The molecule has 0 saturated carbocycles. The van der Waals surface area contributed by atoms with E-state index in [1.165, 1.54) is 6.07 Å². The molecule has 0 heterocycles. The van der Waals surface area contributed by atoms with Crippen molar-refractivity contribution in [2.75, 3.05) is 0 Å². The van der Waals surface area contributed by atoms with Gasteiger partial charge in [-0.05, 0) is 12.1 Å². The highest BCUT2D eigenvalue weighted by Crippen LogP contribution is 2.29. The maximum Gasteiger partial charge on any atom is 0.135 e. The molecule has 1 aromatic rings. The molecule has 1 nitrogen and oxygen atoms in total. The van der Waals surface area contributed by atoms with Crippen LogP contribution in [0.15, 0.2) is 18.2 Å². The number of benzene rings is 1. The summed E-state index contributed by atoms with van der Waals surface area (Å²) >= 11 is 11.0. The van der Waals surface area contributed by atoms with Crippen LogP contribution in [-0.4, -0.2) is 5.11 Å². The standard InChI is InChI=1S/C6H4Cl2O.CH4/c7-4-2-1-3-5(9)6(4)8;/h1-3,9H;1H4. The molecule has 1 aromatic carbocycles. The Morgan fingerprint density at radius 1 is 1.20 bits per heavy atom. The fourth-order valence-electron chi connectivity index (χ4n) is 0.492. The first-order valence-corrected chi connectivity index (χ1v) is 3.10. The molecular weight excluding hydrogens is 171 g/mol. The Hall–Kier alpha value is -0.400. The first kappa shape index (κ1) is 9.60. The SMILES string of the molecule is C.Oc1cccc(Cl)c1Cl. The van der Waals surface area contributed by atoms with E-state index in [1.807, 2.05) is 0 Å². The predicted molar refractivity (Wildman–Crippen MR) is 44.9 cm³/mol. The number of phenols is 1. The van der Waals surface area contributed by atoms with Crippen LogP contribution < -0.4 is 0 Å². The quantitative estimate of drug-likeness (QED) is 0.647. The van der Waals surface area contributed by atoms with E-state index in [2.05, 4.69) is 0 Å². The highest BCUT2D eigenvalue weighted by atomic mass is 35.5. The van der Waals surface area contributed by atoms with Gasteiger partial charge in [0, 0.05) is 0 Å². The summed E-state index contributed by atoms with van der Waals surface area (Å²) in [5.41, 5.74) is 0. The predicted octanol–water partition coefficient (Wildman–Crippen LogP) is 3.34. The van der Waals surface area contributed by atoms with Crippen molar-refractivity contribution < 1.29 is 5.11 Å². The van der Waals surface area contributed by atoms with Crippen molar-refractivity contribution in [1.29, 1.82) is 0 Å². The van der Waals surface area contributed by atoms with Crippen molar-refractivity contribution in [2.45, 2.75) is 7.43 Å². The van der Waals surface area contributed by atoms with E-state index in [0.717, 1.165) is 0 Å². The minimum atomic E-state index is 0. The largest absolute Gasteiger partial charge is 0.506 e. The number of phenolic OH excluding ortho intramolecular Hbond substituents is 1. The van der Waals surface area contributed by atoms with E-state index in [0.29, 0.717) is 5.02 Å². The molecule has 0 radical (unpaired) electrons. The Balaban J connectivity index is 0.000000810. The van der Waals surface area contributed by atoms with Crippen molar-refractivity contribution in [3.8, 4) is 5.75 Å². The van der Waals surface area contributed by atoms with Crippen molar-refractivity contribution in [1.82, 2.24) is 0 Å². The van der Waals surface area contributed by atoms with Crippen LogP contribution in [0.25, 0.3) is 0 Å². The lowest BCUT2D eigenvalue weighted by atomic mass is 10.3. The topological polar surface area (TPSA) is 20.2 Å². The van der Waals surface area contributed by atoms with Gasteiger partial charge in [-0.15, -0.1) is 0 Å². The van der Waals surface area contributed by atoms with Gasteiger partial charge >= 0.3 is 0 Å². The lowest BCUT2D eigenvalue weighted by Gasteiger charge is -1.95. The summed E-state index contributed by atoms with van der Waals surface area (Å²) in [5, 5.41) is 9.46. The Morgan fingerprint density at radius 3 is 2.20 bits per heavy atom. The Kier molecular flexibility index (Phi) is 3.54. The van der Waals surface area contributed by atoms with Crippen LogP contribution in [0, 0.1) is 0 Å². The molecule has 0 fully saturated rings. The second-order valence-corrected chi connectivity index (χ2v) is 2.36. The molecule has 0 aliphatic carbocycles. The summed E-state index contributed by atoms with van der Waals surface area (Å²) in [4.78, 5) is 0.